The van der Waals surface area contributed by atoms with Gasteiger partial charge in [-0.1, -0.05) is 0 Å². The Morgan fingerprint density at radius 1 is 1.59 bits per heavy atom. The zero-order valence-corrected chi connectivity index (χ0v) is 9.35. The number of nitrogens with two attached hydrogens (primary N) is 1. The summed E-state index contributed by atoms with van der Waals surface area (Å²) in [6, 6.07) is -0.978. The Labute approximate surface area is 98.4 Å². The van der Waals surface area contributed by atoms with Gasteiger partial charge in [-0.3, -0.25) is 9.59 Å². The van der Waals surface area contributed by atoms with E-state index in [9.17, 15) is 9.59 Å². The predicted octanol–water partition coefficient (Wildman–Crippen LogP) is -0.739. The van der Waals surface area contributed by atoms with Gasteiger partial charge in [-0.2, -0.15) is 0 Å². The molecule has 1 amide bonds. The number of rotatable bonds is 7. The van der Waals surface area contributed by atoms with Crippen LogP contribution in [0.15, 0.2) is 12.5 Å². The second-order valence-corrected chi connectivity index (χ2v) is 3.66. The molecule has 1 aromatic rings. The van der Waals surface area contributed by atoms with Crippen LogP contribution in [0, 0.1) is 0 Å². The van der Waals surface area contributed by atoms with Crippen LogP contribution in [-0.2, 0) is 16.0 Å². The van der Waals surface area contributed by atoms with E-state index in [2.05, 4.69) is 15.3 Å². The summed E-state index contributed by atoms with van der Waals surface area (Å²) >= 11 is 0. The number of carbonyl (C=O) groups excluding carboxylic acids is 1. The first kappa shape index (κ1) is 13.2. The maximum atomic E-state index is 11.3. The molecule has 0 radical (unpaired) electrons. The number of hydrogen-bond acceptors (Lipinski definition) is 4. The van der Waals surface area contributed by atoms with Crippen molar-refractivity contribution in [3.8, 4) is 0 Å². The van der Waals surface area contributed by atoms with E-state index < -0.39 is 12.0 Å². The molecular formula is C10H16N4O3. The van der Waals surface area contributed by atoms with E-state index in [-0.39, 0.29) is 18.7 Å². The van der Waals surface area contributed by atoms with Gasteiger partial charge in [-0.05, 0) is 6.42 Å². The Balaban J connectivity index is 2.11. The SMILES string of the molecule is NC(CCC(=O)NCCc1cnc[nH]1)C(=O)O. The number of nitrogens with one attached hydrogen (secondary N) is 2. The van der Waals surface area contributed by atoms with Crippen LogP contribution in [0.25, 0.3) is 0 Å². The molecule has 94 valence electrons. The van der Waals surface area contributed by atoms with Gasteiger partial charge in [-0.15, -0.1) is 0 Å². The fourth-order valence-electron chi connectivity index (χ4n) is 1.26. The Kier molecular flexibility index (Phi) is 5.15. The van der Waals surface area contributed by atoms with Gasteiger partial charge in [0.2, 0.25) is 5.91 Å². The third kappa shape index (κ3) is 5.12. The Hall–Kier alpha value is -1.89. The van der Waals surface area contributed by atoms with Crippen molar-refractivity contribution < 1.29 is 14.7 Å². The first-order valence-electron chi connectivity index (χ1n) is 5.32. The highest BCUT2D eigenvalue weighted by Gasteiger charge is 2.12. The molecule has 0 saturated heterocycles. The molecule has 0 aliphatic rings. The number of carbonyl (C=O) groups is 2. The maximum absolute atomic E-state index is 11.3. The number of H-pyrrole nitrogens is 1. The number of aliphatic carboxylic acids is 1. The fourth-order valence-corrected chi connectivity index (χ4v) is 1.26. The number of carboxylic acids is 1. The number of nitrogens with zero attached hydrogens (tertiary/aromatic N) is 1. The lowest BCUT2D eigenvalue weighted by Crippen LogP contribution is -2.33. The van der Waals surface area contributed by atoms with Gasteiger partial charge in [0, 0.05) is 31.3 Å². The monoisotopic (exact) mass is 240 g/mol. The number of amides is 1. The van der Waals surface area contributed by atoms with Crippen molar-refractivity contribution in [1.29, 1.82) is 0 Å². The Morgan fingerprint density at radius 3 is 2.94 bits per heavy atom. The number of aromatic nitrogens is 2. The van der Waals surface area contributed by atoms with E-state index in [1.165, 1.54) is 0 Å². The molecule has 0 aliphatic carbocycles. The molecule has 17 heavy (non-hydrogen) atoms. The van der Waals surface area contributed by atoms with Crippen molar-refractivity contribution in [2.24, 2.45) is 5.73 Å². The number of aromatic amines is 1. The molecule has 0 aliphatic heterocycles. The summed E-state index contributed by atoms with van der Waals surface area (Å²) in [4.78, 5) is 28.5. The van der Waals surface area contributed by atoms with E-state index in [0.717, 1.165) is 5.69 Å². The second kappa shape index (κ2) is 6.64. The summed E-state index contributed by atoms with van der Waals surface area (Å²) in [5.74, 6) is -1.28. The molecule has 1 aromatic heterocycles. The van der Waals surface area contributed by atoms with Crippen molar-refractivity contribution in [3.05, 3.63) is 18.2 Å². The number of hydrogen-bond donors (Lipinski definition) is 4. The molecule has 0 fully saturated rings. The van der Waals surface area contributed by atoms with Crippen LogP contribution in [0.5, 0.6) is 0 Å². The van der Waals surface area contributed by atoms with Gasteiger partial charge in [0.1, 0.15) is 6.04 Å². The zero-order chi connectivity index (χ0) is 12.7. The van der Waals surface area contributed by atoms with E-state index in [1.54, 1.807) is 12.5 Å². The summed E-state index contributed by atoms with van der Waals surface area (Å²) in [7, 11) is 0. The number of imidazole rings is 1. The number of carboxylic acid groups (broad SMARTS) is 1. The molecule has 0 aromatic carbocycles. The fraction of sp³-hybridized carbons (Fsp3) is 0.500. The Morgan fingerprint density at radius 2 is 2.35 bits per heavy atom. The minimum Gasteiger partial charge on any atom is -0.480 e. The first-order valence-corrected chi connectivity index (χ1v) is 5.32. The minimum atomic E-state index is -1.09. The van der Waals surface area contributed by atoms with E-state index in [1.807, 2.05) is 0 Å². The second-order valence-electron chi connectivity index (χ2n) is 3.66. The van der Waals surface area contributed by atoms with E-state index >= 15 is 0 Å². The third-order valence-corrected chi connectivity index (χ3v) is 2.27. The lowest BCUT2D eigenvalue weighted by molar-refractivity contribution is -0.138. The molecule has 1 rings (SSSR count). The zero-order valence-electron chi connectivity index (χ0n) is 9.35. The highest BCUT2D eigenvalue weighted by atomic mass is 16.4. The minimum absolute atomic E-state index is 0.121. The highest BCUT2D eigenvalue weighted by molar-refractivity contribution is 5.78. The van der Waals surface area contributed by atoms with Crippen molar-refractivity contribution >= 4 is 11.9 Å². The predicted molar refractivity (Wildman–Crippen MR) is 60.1 cm³/mol. The van der Waals surface area contributed by atoms with Crippen molar-refractivity contribution in [3.63, 3.8) is 0 Å². The van der Waals surface area contributed by atoms with Crippen LogP contribution in [0.1, 0.15) is 18.5 Å². The summed E-state index contributed by atoms with van der Waals surface area (Å²) in [6.07, 6.45) is 4.19. The standard InChI is InChI=1S/C10H16N4O3/c11-8(10(16)17)1-2-9(15)13-4-3-7-5-12-6-14-7/h5-6,8H,1-4,11H2,(H,12,14)(H,13,15)(H,16,17). The highest BCUT2D eigenvalue weighted by Crippen LogP contribution is 1.95. The Bertz CT molecular complexity index is 364. The third-order valence-electron chi connectivity index (χ3n) is 2.27. The molecule has 5 N–H and O–H groups in total. The molecule has 1 heterocycles. The molecule has 0 spiro atoms. The average Bonchev–Trinajstić information content (AvgIpc) is 2.78. The summed E-state index contributed by atoms with van der Waals surface area (Å²) < 4.78 is 0. The van der Waals surface area contributed by atoms with Gasteiger partial charge in [0.25, 0.3) is 0 Å². The molecule has 0 saturated carbocycles. The summed E-state index contributed by atoms with van der Waals surface area (Å²) in [6.45, 7) is 0.489. The molecule has 7 nitrogen and oxygen atoms in total. The van der Waals surface area contributed by atoms with E-state index in [0.29, 0.717) is 13.0 Å². The largest absolute Gasteiger partial charge is 0.480 e. The molecule has 7 heteroatoms. The maximum Gasteiger partial charge on any atom is 0.320 e. The molecular weight excluding hydrogens is 224 g/mol. The molecule has 1 unspecified atom stereocenters. The summed E-state index contributed by atoms with van der Waals surface area (Å²) in [5.41, 5.74) is 6.22. The normalized spacial score (nSPS) is 12.1. The smallest absolute Gasteiger partial charge is 0.320 e. The van der Waals surface area contributed by atoms with E-state index in [4.69, 9.17) is 10.8 Å². The van der Waals surface area contributed by atoms with Crippen LogP contribution in [0.2, 0.25) is 0 Å². The lowest BCUT2D eigenvalue weighted by atomic mass is 10.1. The van der Waals surface area contributed by atoms with Crippen molar-refractivity contribution in [2.45, 2.75) is 25.3 Å². The van der Waals surface area contributed by atoms with Crippen molar-refractivity contribution in [1.82, 2.24) is 15.3 Å². The van der Waals surface area contributed by atoms with Crippen LogP contribution in [0.3, 0.4) is 0 Å². The van der Waals surface area contributed by atoms with Crippen LogP contribution >= 0.6 is 0 Å². The van der Waals surface area contributed by atoms with Gasteiger partial charge < -0.3 is 21.1 Å². The molecule has 1 atom stereocenters. The summed E-state index contributed by atoms with van der Waals surface area (Å²) in [5, 5.41) is 11.2. The van der Waals surface area contributed by atoms with Gasteiger partial charge in [0.15, 0.2) is 0 Å². The van der Waals surface area contributed by atoms with Gasteiger partial charge in [-0.25, -0.2) is 4.98 Å². The lowest BCUT2D eigenvalue weighted by Gasteiger charge is -2.06. The first-order chi connectivity index (χ1) is 8.09. The van der Waals surface area contributed by atoms with Gasteiger partial charge >= 0.3 is 5.97 Å². The van der Waals surface area contributed by atoms with Crippen LogP contribution < -0.4 is 11.1 Å². The van der Waals surface area contributed by atoms with Crippen LogP contribution in [0.4, 0.5) is 0 Å². The van der Waals surface area contributed by atoms with Crippen LogP contribution in [-0.4, -0.2) is 39.5 Å². The quantitative estimate of drug-likeness (QED) is 0.500. The topological polar surface area (TPSA) is 121 Å². The average molecular weight is 240 g/mol. The van der Waals surface area contributed by atoms with Gasteiger partial charge in [0.05, 0.1) is 6.33 Å². The molecule has 0 bridgehead atoms. The van der Waals surface area contributed by atoms with Crippen molar-refractivity contribution in [2.75, 3.05) is 6.54 Å².